The van der Waals surface area contributed by atoms with Crippen LogP contribution in [0, 0.1) is 12.3 Å². The van der Waals surface area contributed by atoms with E-state index in [1.54, 1.807) is 31.2 Å². The first-order valence-corrected chi connectivity index (χ1v) is 6.54. The fourth-order valence-electron chi connectivity index (χ4n) is 2.14. The van der Waals surface area contributed by atoms with Gasteiger partial charge in [0.15, 0.2) is 0 Å². The van der Waals surface area contributed by atoms with Crippen LogP contribution in [-0.2, 0) is 4.79 Å². The number of anilines is 2. The van der Waals surface area contributed by atoms with E-state index in [1.165, 1.54) is 10.6 Å². The van der Waals surface area contributed by atoms with Gasteiger partial charge in [-0.15, -0.1) is 0 Å². The van der Waals surface area contributed by atoms with Crippen LogP contribution < -0.4 is 16.6 Å². The Labute approximate surface area is 127 Å². The van der Waals surface area contributed by atoms with Crippen molar-refractivity contribution in [3.63, 3.8) is 0 Å². The molecule has 0 saturated carbocycles. The quantitative estimate of drug-likeness (QED) is 0.592. The second-order valence-electron chi connectivity index (χ2n) is 4.69. The summed E-state index contributed by atoms with van der Waals surface area (Å²) < 4.78 is 1.30. The van der Waals surface area contributed by atoms with Crippen LogP contribution in [0.3, 0.4) is 0 Å². The summed E-state index contributed by atoms with van der Waals surface area (Å²) in [6.07, 6.45) is 2.27. The van der Waals surface area contributed by atoms with E-state index in [9.17, 15) is 9.59 Å². The molecular weight excluding hydrogens is 280 g/mol. The molecule has 0 atom stereocenters. The van der Waals surface area contributed by atoms with Crippen molar-refractivity contribution in [2.24, 2.45) is 0 Å². The van der Waals surface area contributed by atoms with Crippen LogP contribution in [0.5, 0.6) is 0 Å². The number of aryl methyl sites for hydroxylation is 1. The van der Waals surface area contributed by atoms with Gasteiger partial charge in [0.1, 0.15) is 5.82 Å². The average Bonchev–Trinajstić information content (AvgIpc) is 2.47. The van der Waals surface area contributed by atoms with Gasteiger partial charge in [-0.1, -0.05) is 12.6 Å². The van der Waals surface area contributed by atoms with Crippen molar-refractivity contribution in [2.45, 2.75) is 6.92 Å². The first kappa shape index (κ1) is 15.2. The maximum absolute atomic E-state index is 12.2. The van der Waals surface area contributed by atoms with Crippen LogP contribution in [-0.4, -0.2) is 16.7 Å². The number of nitrogens with one attached hydrogen (secondary N) is 2. The van der Waals surface area contributed by atoms with Crippen LogP contribution in [0.15, 0.2) is 47.8 Å². The molecule has 2 aromatic rings. The van der Waals surface area contributed by atoms with Crippen LogP contribution in [0.1, 0.15) is 11.1 Å². The zero-order chi connectivity index (χ0) is 16.3. The van der Waals surface area contributed by atoms with E-state index in [-0.39, 0.29) is 17.3 Å². The fraction of sp³-hybridized carbons (Fsp3) is 0.0625. The molecule has 6 heteroatoms. The predicted octanol–water partition coefficient (Wildman–Crippen LogP) is 1.85. The third kappa shape index (κ3) is 2.80. The molecule has 6 nitrogen and oxygen atoms in total. The molecule has 0 bridgehead atoms. The molecule has 0 fully saturated rings. The Bertz CT molecular complexity index is 821. The number of carbonyl (C=O) groups is 1. The number of hydrogen-bond donors (Lipinski definition) is 3. The molecule has 0 spiro atoms. The molecule has 112 valence electrons. The van der Waals surface area contributed by atoms with Crippen molar-refractivity contribution in [2.75, 3.05) is 11.1 Å². The van der Waals surface area contributed by atoms with E-state index >= 15 is 0 Å². The molecule has 1 amide bonds. The van der Waals surface area contributed by atoms with Crippen molar-refractivity contribution in [3.8, 4) is 5.69 Å². The fourth-order valence-corrected chi connectivity index (χ4v) is 2.14. The van der Waals surface area contributed by atoms with Crippen LogP contribution in [0.25, 0.3) is 5.69 Å². The van der Waals surface area contributed by atoms with E-state index in [0.29, 0.717) is 22.5 Å². The number of nitrogen functional groups attached to an aromatic ring is 1. The highest BCUT2D eigenvalue weighted by molar-refractivity contribution is 5.99. The van der Waals surface area contributed by atoms with E-state index in [0.717, 1.165) is 12.3 Å². The Balaban J connectivity index is 2.60. The first-order chi connectivity index (χ1) is 10.5. The third-order valence-corrected chi connectivity index (χ3v) is 3.20. The molecule has 4 N–H and O–H groups in total. The Kier molecular flexibility index (Phi) is 4.22. The summed E-state index contributed by atoms with van der Waals surface area (Å²) in [6.45, 7) is 5.11. The molecule has 1 aromatic heterocycles. The predicted molar refractivity (Wildman–Crippen MR) is 87.9 cm³/mol. The summed E-state index contributed by atoms with van der Waals surface area (Å²) in [6, 6.07) is 8.14. The lowest BCUT2D eigenvalue weighted by molar-refractivity contribution is -0.111. The van der Waals surface area contributed by atoms with Crippen molar-refractivity contribution in [1.82, 2.24) is 4.57 Å². The number of pyridine rings is 1. The standard InChI is InChI=1S/C16H16N4O2/c1-3-14(21)19-11-5-4-6-12(8-11)20-15(22)7-10(2)13(9-17)16(20)18/h3-9,17H,1,18H2,2H3,(H,19,21). The average molecular weight is 296 g/mol. The minimum Gasteiger partial charge on any atom is -0.384 e. The van der Waals surface area contributed by atoms with Crippen molar-refractivity contribution in [3.05, 3.63) is 64.5 Å². The second kappa shape index (κ2) is 6.09. The zero-order valence-corrected chi connectivity index (χ0v) is 12.1. The molecule has 0 aliphatic rings. The highest BCUT2D eigenvalue weighted by Crippen LogP contribution is 2.19. The maximum Gasteiger partial charge on any atom is 0.256 e. The molecule has 0 radical (unpaired) electrons. The van der Waals surface area contributed by atoms with Gasteiger partial charge in [-0.25, -0.2) is 0 Å². The van der Waals surface area contributed by atoms with E-state index in [2.05, 4.69) is 11.9 Å². The lowest BCUT2D eigenvalue weighted by Gasteiger charge is -2.14. The third-order valence-electron chi connectivity index (χ3n) is 3.20. The maximum atomic E-state index is 12.2. The van der Waals surface area contributed by atoms with E-state index < -0.39 is 0 Å². The molecule has 0 aliphatic carbocycles. The van der Waals surface area contributed by atoms with Gasteiger partial charge in [0.25, 0.3) is 5.56 Å². The first-order valence-electron chi connectivity index (χ1n) is 6.54. The minimum atomic E-state index is -0.346. The summed E-state index contributed by atoms with van der Waals surface area (Å²) in [7, 11) is 0. The summed E-state index contributed by atoms with van der Waals surface area (Å²) >= 11 is 0. The number of amides is 1. The van der Waals surface area contributed by atoms with Crippen molar-refractivity contribution in [1.29, 1.82) is 5.41 Å². The van der Waals surface area contributed by atoms with Gasteiger partial charge in [0.05, 0.1) is 5.69 Å². The smallest absolute Gasteiger partial charge is 0.256 e. The van der Waals surface area contributed by atoms with Gasteiger partial charge in [0.2, 0.25) is 5.91 Å². The molecule has 0 saturated heterocycles. The van der Waals surface area contributed by atoms with Gasteiger partial charge in [-0.3, -0.25) is 14.2 Å². The van der Waals surface area contributed by atoms with Gasteiger partial charge >= 0.3 is 0 Å². The van der Waals surface area contributed by atoms with Gasteiger partial charge in [-0.2, -0.15) is 0 Å². The molecule has 1 aromatic carbocycles. The summed E-state index contributed by atoms with van der Waals surface area (Å²) in [4.78, 5) is 23.6. The number of rotatable bonds is 4. The molecule has 0 unspecified atom stereocenters. The number of benzene rings is 1. The van der Waals surface area contributed by atoms with Crippen LogP contribution in [0.2, 0.25) is 0 Å². The lowest BCUT2D eigenvalue weighted by atomic mass is 10.1. The van der Waals surface area contributed by atoms with Gasteiger partial charge in [0, 0.05) is 23.5 Å². The molecule has 22 heavy (non-hydrogen) atoms. The van der Waals surface area contributed by atoms with E-state index in [1.807, 2.05) is 0 Å². The topological polar surface area (TPSA) is 101 Å². The highest BCUT2D eigenvalue weighted by atomic mass is 16.1. The number of carbonyl (C=O) groups excluding carboxylic acids is 1. The van der Waals surface area contributed by atoms with Crippen LogP contribution in [0.4, 0.5) is 11.5 Å². The Morgan fingerprint density at radius 3 is 2.77 bits per heavy atom. The largest absolute Gasteiger partial charge is 0.384 e. The molecule has 0 aliphatic heterocycles. The highest BCUT2D eigenvalue weighted by Gasteiger charge is 2.11. The summed E-state index contributed by atoms with van der Waals surface area (Å²) in [5.74, 6) is -0.159. The number of nitrogens with zero attached hydrogens (tertiary/aromatic N) is 1. The number of nitrogens with two attached hydrogens (primary N) is 1. The Hall–Kier alpha value is -3.15. The summed E-state index contributed by atoms with van der Waals surface area (Å²) in [5, 5.41) is 10.0. The van der Waals surface area contributed by atoms with Gasteiger partial charge < -0.3 is 16.5 Å². The zero-order valence-electron chi connectivity index (χ0n) is 12.1. The Morgan fingerprint density at radius 2 is 2.14 bits per heavy atom. The SMILES string of the molecule is C=CC(=O)Nc1cccc(-n2c(N)c(C=N)c(C)cc2=O)c1. The lowest BCUT2D eigenvalue weighted by Crippen LogP contribution is -2.23. The Morgan fingerprint density at radius 1 is 1.41 bits per heavy atom. The van der Waals surface area contributed by atoms with Crippen molar-refractivity contribution >= 4 is 23.6 Å². The number of aromatic nitrogens is 1. The normalized spacial score (nSPS) is 10.0. The minimum absolute atomic E-state index is 0.187. The van der Waals surface area contributed by atoms with E-state index in [4.69, 9.17) is 11.1 Å². The molecule has 2 rings (SSSR count). The monoisotopic (exact) mass is 296 g/mol. The number of hydrogen-bond acceptors (Lipinski definition) is 4. The van der Waals surface area contributed by atoms with Crippen LogP contribution >= 0.6 is 0 Å². The van der Waals surface area contributed by atoms with Crippen molar-refractivity contribution < 1.29 is 4.79 Å². The second-order valence-corrected chi connectivity index (χ2v) is 4.69. The molecular formula is C16H16N4O2. The van der Waals surface area contributed by atoms with Gasteiger partial charge in [-0.05, 0) is 36.8 Å². The summed E-state index contributed by atoms with van der Waals surface area (Å²) in [5.41, 5.74) is 7.87. The molecule has 1 heterocycles.